The summed E-state index contributed by atoms with van der Waals surface area (Å²) in [5.74, 6) is -1.28. The van der Waals surface area contributed by atoms with Crippen molar-refractivity contribution in [2.24, 2.45) is 0 Å². The lowest BCUT2D eigenvalue weighted by Gasteiger charge is -1.99. The number of rotatable bonds is 5. The lowest BCUT2D eigenvalue weighted by molar-refractivity contribution is -0.140. The Hall–Kier alpha value is -2.39. The Balaban J connectivity index is -0.000000222. The summed E-state index contributed by atoms with van der Waals surface area (Å²) in [7, 11) is 0. The first-order valence-corrected chi connectivity index (χ1v) is 5.14. The van der Waals surface area contributed by atoms with Gasteiger partial charge in [0.1, 0.15) is 6.61 Å². The number of aliphatic carboxylic acids is 1. The molecule has 0 aliphatic heterocycles. The molecular formula is C13H19NO5. The Labute approximate surface area is 112 Å². The maximum absolute atomic E-state index is 10.5. The molecule has 0 aromatic heterocycles. The lowest BCUT2D eigenvalue weighted by Crippen LogP contribution is -2.08. The highest BCUT2D eigenvalue weighted by Gasteiger charge is 1.99. The van der Waals surface area contributed by atoms with E-state index in [2.05, 4.69) is 24.5 Å². The average molecular weight is 269 g/mol. The van der Waals surface area contributed by atoms with Crippen LogP contribution in [0.15, 0.2) is 37.5 Å². The maximum atomic E-state index is 10.5. The fourth-order valence-electron chi connectivity index (χ4n) is 0.385. The van der Waals surface area contributed by atoms with Gasteiger partial charge in [0.25, 0.3) is 0 Å². The van der Waals surface area contributed by atoms with Crippen molar-refractivity contribution in [1.29, 1.82) is 5.26 Å². The Morgan fingerprint density at radius 3 is 2.05 bits per heavy atom. The van der Waals surface area contributed by atoms with E-state index in [1.54, 1.807) is 13.0 Å². The molecule has 0 amide bonds. The summed E-state index contributed by atoms with van der Waals surface area (Å²) in [4.78, 5) is 20.0. The monoisotopic (exact) mass is 269 g/mol. The number of nitriles is 1. The van der Waals surface area contributed by atoms with Crippen molar-refractivity contribution in [3.05, 3.63) is 37.5 Å². The second-order valence-electron chi connectivity index (χ2n) is 2.86. The average Bonchev–Trinajstić information content (AvgIpc) is 2.36. The minimum Gasteiger partial charge on any atom is -0.481 e. The largest absolute Gasteiger partial charge is 0.481 e. The highest BCUT2D eigenvalue weighted by molar-refractivity contribution is 5.86. The van der Waals surface area contributed by atoms with Crippen LogP contribution in [-0.2, 0) is 14.3 Å². The van der Waals surface area contributed by atoms with E-state index < -0.39 is 11.9 Å². The Morgan fingerprint density at radius 1 is 1.42 bits per heavy atom. The van der Waals surface area contributed by atoms with Crippen molar-refractivity contribution in [1.82, 2.24) is 0 Å². The fourth-order valence-corrected chi connectivity index (χ4v) is 0.385. The fraction of sp³-hybridized carbons (Fsp3) is 0.308. The van der Waals surface area contributed by atoms with Crippen molar-refractivity contribution in [2.45, 2.75) is 13.3 Å². The highest BCUT2D eigenvalue weighted by atomic mass is 16.5. The summed E-state index contributed by atoms with van der Waals surface area (Å²) in [6, 6.07) is 1.69. The van der Waals surface area contributed by atoms with Crippen molar-refractivity contribution in [3.8, 4) is 6.07 Å². The van der Waals surface area contributed by atoms with E-state index in [0.29, 0.717) is 5.57 Å². The molecule has 6 heteroatoms. The second-order valence-corrected chi connectivity index (χ2v) is 2.86. The number of aliphatic hydroxyl groups excluding tert-OH is 1. The molecular weight excluding hydrogens is 250 g/mol. The van der Waals surface area contributed by atoms with Gasteiger partial charge in [-0.05, 0) is 6.92 Å². The van der Waals surface area contributed by atoms with E-state index in [-0.39, 0.29) is 19.6 Å². The first kappa shape index (κ1) is 21.9. The van der Waals surface area contributed by atoms with Gasteiger partial charge in [-0.3, -0.25) is 4.79 Å². The van der Waals surface area contributed by atoms with Crippen molar-refractivity contribution in [2.75, 3.05) is 13.2 Å². The number of ether oxygens (including phenoxy) is 1. The van der Waals surface area contributed by atoms with Crippen LogP contribution in [0.2, 0.25) is 0 Å². The molecule has 0 heterocycles. The van der Waals surface area contributed by atoms with Crippen LogP contribution < -0.4 is 0 Å². The zero-order chi connectivity index (χ0) is 15.7. The number of carboxylic acids is 1. The predicted octanol–water partition coefficient (Wildman–Crippen LogP) is 1.44. The molecule has 6 nitrogen and oxygen atoms in total. The molecule has 0 aromatic carbocycles. The van der Waals surface area contributed by atoms with Crippen LogP contribution in [0.25, 0.3) is 0 Å². The summed E-state index contributed by atoms with van der Waals surface area (Å²) in [5, 5.41) is 23.5. The number of hydrogen-bond donors (Lipinski definition) is 2. The Kier molecular flexibility index (Phi) is 20.7. The smallest absolute Gasteiger partial charge is 0.333 e. The van der Waals surface area contributed by atoms with Gasteiger partial charge in [0, 0.05) is 11.6 Å². The SMILES string of the molecule is C=C(C)C(=O)OCCO.C=CC#N.C=CCC(=O)O. The van der Waals surface area contributed by atoms with E-state index in [1.165, 1.54) is 12.2 Å². The molecule has 0 aliphatic carbocycles. The topological polar surface area (TPSA) is 108 Å². The normalized spacial score (nSPS) is 7.21. The predicted molar refractivity (Wildman–Crippen MR) is 71.1 cm³/mol. The number of esters is 1. The van der Waals surface area contributed by atoms with E-state index in [9.17, 15) is 9.59 Å². The van der Waals surface area contributed by atoms with Gasteiger partial charge >= 0.3 is 11.9 Å². The molecule has 0 saturated heterocycles. The molecule has 2 N–H and O–H groups in total. The van der Waals surface area contributed by atoms with Crippen LogP contribution in [0.1, 0.15) is 13.3 Å². The third-order valence-corrected chi connectivity index (χ3v) is 1.08. The molecule has 0 rings (SSSR count). The first-order valence-electron chi connectivity index (χ1n) is 5.14. The highest BCUT2D eigenvalue weighted by Crippen LogP contribution is 1.89. The molecule has 0 radical (unpaired) electrons. The van der Waals surface area contributed by atoms with Gasteiger partial charge in [-0.1, -0.05) is 19.2 Å². The number of carbonyl (C=O) groups excluding carboxylic acids is 1. The van der Waals surface area contributed by atoms with Gasteiger partial charge in [-0.15, -0.1) is 6.58 Å². The molecule has 0 spiro atoms. The molecule has 0 saturated carbocycles. The summed E-state index contributed by atoms with van der Waals surface area (Å²) in [6.45, 7) is 11.2. The number of carboxylic acid groups (broad SMARTS) is 1. The summed E-state index contributed by atoms with van der Waals surface area (Å²) >= 11 is 0. The molecule has 0 atom stereocenters. The molecule has 19 heavy (non-hydrogen) atoms. The van der Waals surface area contributed by atoms with Crippen LogP contribution in [0.4, 0.5) is 0 Å². The summed E-state index contributed by atoms with van der Waals surface area (Å²) in [6.07, 6.45) is 2.59. The van der Waals surface area contributed by atoms with E-state index in [4.69, 9.17) is 15.5 Å². The number of nitrogens with zero attached hydrogens (tertiary/aromatic N) is 1. The second kappa shape index (κ2) is 18.0. The van der Waals surface area contributed by atoms with E-state index >= 15 is 0 Å². The minimum absolute atomic E-state index is 0.0473. The number of carbonyl (C=O) groups is 2. The first-order chi connectivity index (χ1) is 8.87. The quantitative estimate of drug-likeness (QED) is 0.338. The summed E-state index contributed by atoms with van der Waals surface area (Å²) in [5.41, 5.74) is 0.350. The maximum Gasteiger partial charge on any atom is 0.333 e. The Bertz CT molecular complexity index is 341. The number of aliphatic hydroxyl groups is 1. The zero-order valence-corrected chi connectivity index (χ0v) is 11.0. The third kappa shape index (κ3) is 31.3. The minimum atomic E-state index is -0.829. The molecule has 0 bridgehead atoms. The molecule has 0 aliphatic rings. The standard InChI is InChI=1S/C6H10O3.C4H6O2.C3H3N/c1-5(2)6(8)9-4-3-7;1-2-3-4(5)6;1-2-3-4/h7H,1,3-4H2,2H3;2H,1,3H2,(H,5,6);2H,1H2. The van der Waals surface area contributed by atoms with Gasteiger partial charge in [0.2, 0.25) is 0 Å². The van der Waals surface area contributed by atoms with Gasteiger partial charge < -0.3 is 14.9 Å². The Morgan fingerprint density at radius 2 is 1.89 bits per heavy atom. The van der Waals surface area contributed by atoms with Crippen LogP contribution in [0.5, 0.6) is 0 Å². The summed E-state index contributed by atoms with van der Waals surface area (Å²) < 4.78 is 4.46. The van der Waals surface area contributed by atoms with Crippen LogP contribution in [0.3, 0.4) is 0 Å². The van der Waals surface area contributed by atoms with Crippen molar-refractivity contribution in [3.63, 3.8) is 0 Å². The molecule has 0 fully saturated rings. The van der Waals surface area contributed by atoms with Crippen LogP contribution in [0, 0.1) is 11.3 Å². The molecule has 106 valence electrons. The third-order valence-electron chi connectivity index (χ3n) is 1.08. The van der Waals surface area contributed by atoms with Crippen LogP contribution in [-0.4, -0.2) is 35.4 Å². The zero-order valence-electron chi connectivity index (χ0n) is 11.0. The van der Waals surface area contributed by atoms with Crippen molar-refractivity contribution >= 4 is 11.9 Å². The van der Waals surface area contributed by atoms with Gasteiger partial charge in [-0.25, -0.2) is 4.79 Å². The molecule has 0 aromatic rings. The van der Waals surface area contributed by atoms with Gasteiger partial charge in [0.05, 0.1) is 19.1 Å². The van der Waals surface area contributed by atoms with Crippen LogP contribution >= 0.6 is 0 Å². The lowest BCUT2D eigenvalue weighted by atomic mass is 10.4. The van der Waals surface area contributed by atoms with Gasteiger partial charge in [0.15, 0.2) is 0 Å². The number of hydrogen-bond acceptors (Lipinski definition) is 5. The van der Waals surface area contributed by atoms with Crippen molar-refractivity contribution < 1.29 is 24.5 Å². The van der Waals surface area contributed by atoms with Gasteiger partial charge in [-0.2, -0.15) is 5.26 Å². The van der Waals surface area contributed by atoms with E-state index in [0.717, 1.165) is 0 Å². The van der Waals surface area contributed by atoms with E-state index in [1.807, 2.05) is 0 Å². The molecule has 0 unspecified atom stereocenters. The number of allylic oxidation sites excluding steroid dienone is 1.